The zero-order valence-electron chi connectivity index (χ0n) is 16.7. The van der Waals surface area contributed by atoms with Crippen molar-refractivity contribution in [2.45, 2.75) is 32.3 Å². The lowest BCUT2D eigenvalue weighted by atomic mass is 9.87. The van der Waals surface area contributed by atoms with Crippen LogP contribution in [0.1, 0.15) is 41.0 Å². The van der Waals surface area contributed by atoms with Crippen molar-refractivity contribution in [3.05, 3.63) is 65.6 Å². The summed E-state index contributed by atoms with van der Waals surface area (Å²) in [5.74, 6) is -1.16. The molecule has 0 aliphatic heterocycles. The van der Waals surface area contributed by atoms with Gasteiger partial charge in [-0.25, -0.2) is 9.78 Å². The number of ether oxygens (including phenoxy) is 2. The maximum atomic E-state index is 13.2. The van der Waals surface area contributed by atoms with Gasteiger partial charge < -0.3 is 14.6 Å². The second kappa shape index (κ2) is 8.87. The van der Waals surface area contributed by atoms with Crippen LogP contribution in [-0.2, 0) is 9.53 Å². The Morgan fingerprint density at radius 3 is 2.55 bits per heavy atom. The van der Waals surface area contributed by atoms with Gasteiger partial charge in [0.1, 0.15) is 5.69 Å². The molecule has 152 valence electrons. The van der Waals surface area contributed by atoms with Crippen LogP contribution in [0.2, 0.25) is 0 Å². The number of ketones is 1. The average molecular weight is 396 g/mol. The average Bonchev–Trinajstić information content (AvgIpc) is 3.08. The van der Waals surface area contributed by atoms with Crippen molar-refractivity contribution in [2.75, 3.05) is 13.7 Å². The third kappa shape index (κ3) is 4.14. The first kappa shape index (κ1) is 20.5. The van der Waals surface area contributed by atoms with E-state index in [1.165, 1.54) is 7.11 Å². The van der Waals surface area contributed by atoms with Gasteiger partial charge in [-0.2, -0.15) is 0 Å². The molecule has 0 unspecified atom stereocenters. The van der Waals surface area contributed by atoms with Crippen LogP contribution in [0.5, 0.6) is 5.75 Å². The van der Waals surface area contributed by atoms with Gasteiger partial charge in [-0.1, -0.05) is 30.3 Å². The van der Waals surface area contributed by atoms with Gasteiger partial charge in [-0.15, -0.1) is 0 Å². The number of fused-ring (bicyclic) bond motifs is 1. The predicted octanol–water partition coefficient (Wildman–Crippen LogP) is 2.93. The van der Waals surface area contributed by atoms with Gasteiger partial charge in [0.2, 0.25) is 0 Å². The van der Waals surface area contributed by atoms with Crippen molar-refractivity contribution in [3.8, 4) is 5.75 Å². The molecule has 3 rings (SSSR count). The predicted molar refractivity (Wildman–Crippen MR) is 107 cm³/mol. The smallest absolute Gasteiger partial charge is 0.335 e. The monoisotopic (exact) mass is 396 g/mol. The molecule has 0 amide bonds. The molecule has 0 aliphatic rings. The number of aliphatic hydroxyl groups is 1. The molecule has 0 aliphatic carbocycles. The summed E-state index contributed by atoms with van der Waals surface area (Å²) in [6.45, 7) is 4.12. The maximum absolute atomic E-state index is 13.2. The van der Waals surface area contributed by atoms with E-state index in [2.05, 4.69) is 9.72 Å². The Kier molecular flexibility index (Phi) is 6.29. The Bertz CT molecular complexity index is 1010. The molecule has 1 aromatic carbocycles. The number of imidazole rings is 1. The molecule has 2 aromatic heterocycles. The van der Waals surface area contributed by atoms with E-state index in [1.54, 1.807) is 53.9 Å². The van der Waals surface area contributed by atoms with Crippen molar-refractivity contribution in [2.24, 2.45) is 0 Å². The lowest BCUT2D eigenvalue weighted by Crippen LogP contribution is -2.31. The molecular formula is C22H24N2O5. The first-order valence-electron chi connectivity index (χ1n) is 9.42. The van der Waals surface area contributed by atoms with Crippen molar-refractivity contribution in [3.63, 3.8) is 0 Å². The van der Waals surface area contributed by atoms with Gasteiger partial charge in [-0.3, -0.25) is 9.20 Å². The zero-order chi connectivity index (χ0) is 21.0. The third-order valence-corrected chi connectivity index (χ3v) is 4.81. The van der Waals surface area contributed by atoms with E-state index in [4.69, 9.17) is 4.74 Å². The summed E-state index contributed by atoms with van der Waals surface area (Å²) in [6.07, 6.45) is 0.220. The van der Waals surface area contributed by atoms with E-state index in [1.807, 2.05) is 13.0 Å². The summed E-state index contributed by atoms with van der Waals surface area (Å²) in [6, 6.07) is 12.6. The highest BCUT2D eigenvalue weighted by Crippen LogP contribution is 2.29. The number of pyridine rings is 1. The first-order valence-corrected chi connectivity index (χ1v) is 9.42. The number of nitrogens with zero attached hydrogens (tertiary/aromatic N) is 2. The fourth-order valence-corrected chi connectivity index (χ4v) is 3.45. The van der Waals surface area contributed by atoms with Crippen molar-refractivity contribution >= 4 is 17.4 Å². The number of esters is 1. The van der Waals surface area contributed by atoms with Gasteiger partial charge in [0.15, 0.2) is 23.3 Å². The van der Waals surface area contributed by atoms with Crippen LogP contribution in [0.3, 0.4) is 0 Å². The molecule has 0 fully saturated rings. The summed E-state index contributed by atoms with van der Waals surface area (Å²) in [5.41, 5.74) is 2.20. The molecule has 2 heterocycles. The SMILES string of the molecule is CCOc1cccn2c(C(=O)C[C@H](c3ccccc3)[C@H](O)C(=O)OC)c(C)nc12. The van der Waals surface area contributed by atoms with Gasteiger partial charge in [0.05, 0.1) is 19.4 Å². The molecule has 0 saturated heterocycles. The molecule has 0 saturated carbocycles. The second-order valence-electron chi connectivity index (χ2n) is 6.66. The van der Waals surface area contributed by atoms with Crippen molar-refractivity contribution in [1.29, 1.82) is 0 Å². The largest absolute Gasteiger partial charge is 0.490 e. The first-order chi connectivity index (χ1) is 14.0. The molecule has 0 radical (unpaired) electrons. The number of carbonyl (C=O) groups is 2. The molecule has 3 aromatic rings. The number of benzene rings is 1. The number of methoxy groups -OCH3 is 1. The standard InChI is InChI=1S/C22H24N2O5/c1-4-29-18-11-8-12-24-19(14(2)23-21(18)24)17(25)13-16(20(26)22(27)28-3)15-9-6-5-7-10-15/h5-12,16,20,26H,4,13H2,1-3H3/t16-,20+/m1/s1. The van der Waals surface area contributed by atoms with Crippen LogP contribution < -0.4 is 4.74 Å². The zero-order valence-corrected chi connectivity index (χ0v) is 16.7. The lowest BCUT2D eigenvalue weighted by molar-refractivity contribution is -0.151. The molecular weight excluding hydrogens is 372 g/mol. The fourth-order valence-electron chi connectivity index (χ4n) is 3.45. The van der Waals surface area contributed by atoms with Crippen LogP contribution in [0.25, 0.3) is 5.65 Å². The summed E-state index contributed by atoms with van der Waals surface area (Å²) in [7, 11) is 1.21. The molecule has 29 heavy (non-hydrogen) atoms. The Morgan fingerprint density at radius 2 is 1.90 bits per heavy atom. The minimum atomic E-state index is -1.45. The van der Waals surface area contributed by atoms with Crippen LogP contribution in [0, 0.1) is 6.92 Å². The van der Waals surface area contributed by atoms with Gasteiger partial charge >= 0.3 is 5.97 Å². The Hall–Kier alpha value is -3.19. The van der Waals surface area contributed by atoms with E-state index in [0.29, 0.717) is 35.0 Å². The topological polar surface area (TPSA) is 90.1 Å². The van der Waals surface area contributed by atoms with Gasteiger partial charge in [0, 0.05) is 18.5 Å². The van der Waals surface area contributed by atoms with Crippen molar-refractivity contribution < 1.29 is 24.2 Å². The van der Waals surface area contributed by atoms with E-state index in [0.717, 1.165) is 0 Å². The normalized spacial score (nSPS) is 13.1. The number of carbonyl (C=O) groups excluding carboxylic acids is 2. The summed E-state index contributed by atoms with van der Waals surface area (Å²) >= 11 is 0. The highest BCUT2D eigenvalue weighted by Gasteiger charge is 2.32. The van der Waals surface area contributed by atoms with E-state index in [9.17, 15) is 14.7 Å². The molecule has 1 N–H and O–H groups in total. The number of aromatic nitrogens is 2. The number of aryl methyl sites for hydroxylation is 1. The van der Waals surface area contributed by atoms with E-state index < -0.39 is 18.0 Å². The summed E-state index contributed by atoms with van der Waals surface area (Å²) in [4.78, 5) is 29.7. The Labute approximate surface area is 168 Å². The lowest BCUT2D eigenvalue weighted by Gasteiger charge is -2.21. The van der Waals surface area contributed by atoms with Crippen LogP contribution >= 0.6 is 0 Å². The minimum absolute atomic E-state index is 0.0756. The number of Topliss-reactive ketones (excluding diaryl/α,β-unsaturated/α-hetero) is 1. The molecule has 7 heteroatoms. The minimum Gasteiger partial charge on any atom is -0.490 e. The van der Waals surface area contributed by atoms with Gasteiger partial charge in [0.25, 0.3) is 0 Å². The second-order valence-corrected chi connectivity index (χ2v) is 6.66. The van der Waals surface area contributed by atoms with Crippen LogP contribution in [0.4, 0.5) is 0 Å². The maximum Gasteiger partial charge on any atom is 0.335 e. The van der Waals surface area contributed by atoms with Crippen LogP contribution in [-0.4, -0.2) is 46.1 Å². The quantitative estimate of drug-likeness (QED) is 0.465. The van der Waals surface area contributed by atoms with Crippen molar-refractivity contribution in [1.82, 2.24) is 9.38 Å². The number of hydrogen-bond acceptors (Lipinski definition) is 6. The highest BCUT2D eigenvalue weighted by molar-refractivity contribution is 5.97. The number of hydrogen-bond donors (Lipinski definition) is 1. The van der Waals surface area contributed by atoms with E-state index >= 15 is 0 Å². The molecule has 0 spiro atoms. The molecule has 2 atom stereocenters. The molecule has 7 nitrogen and oxygen atoms in total. The third-order valence-electron chi connectivity index (χ3n) is 4.81. The van der Waals surface area contributed by atoms with Gasteiger partial charge in [-0.05, 0) is 31.5 Å². The highest BCUT2D eigenvalue weighted by atomic mass is 16.5. The number of aliphatic hydroxyl groups excluding tert-OH is 1. The summed E-state index contributed by atoms with van der Waals surface area (Å²) < 4.78 is 12.0. The van der Waals surface area contributed by atoms with E-state index in [-0.39, 0.29) is 12.2 Å². The fraction of sp³-hybridized carbons (Fsp3) is 0.318. The number of rotatable bonds is 8. The Balaban J connectivity index is 1.99. The van der Waals surface area contributed by atoms with Crippen LogP contribution in [0.15, 0.2) is 48.7 Å². The molecule has 0 bridgehead atoms. The summed E-state index contributed by atoms with van der Waals surface area (Å²) in [5, 5.41) is 10.5. The Morgan fingerprint density at radius 1 is 1.17 bits per heavy atom.